The van der Waals surface area contributed by atoms with Gasteiger partial charge >= 0.3 is 0 Å². The minimum atomic E-state index is -0.226. The standard InChI is InChI=1S/C19H24N4O/c1-22(13-15-7-3-2-4-8-15)19-16(9-5-11-21-19)14-23-12-6-10-17(23)18(20)24/h2-5,7-9,11,17H,6,10,12-14H2,1H3,(H2,20,24)/t17-/m0/s1. The first-order valence-corrected chi connectivity index (χ1v) is 8.37. The average molecular weight is 324 g/mol. The van der Waals surface area contributed by atoms with Crippen LogP contribution in [0.15, 0.2) is 48.7 Å². The van der Waals surface area contributed by atoms with Gasteiger partial charge < -0.3 is 10.6 Å². The van der Waals surface area contributed by atoms with Crippen LogP contribution in [-0.4, -0.2) is 35.4 Å². The van der Waals surface area contributed by atoms with E-state index >= 15 is 0 Å². The van der Waals surface area contributed by atoms with Crippen molar-refractivity contribution in [2.75, 3.05) is 18.5 Å². The summed E-state index contributed by atoms with van der Waals surface area (Å²) >= 11 is 0. The maximum atomic E-state index is 11.6. The van der Waals surface area contributed by atoms with Crippen LogP contribution in [0.2, 0.25) is 0 Å². The lowest BCUT2D eigenvalue weighted by Crippen LogP contribution is -2.40. The molecule has 1 aromatic heterocycles. The van der Waals surface area contributed by atoms with E-state index in [4.69, 9.17) is 5.73 Å². The SMILES string of the molecule is CN(Cc1ccccc1)c1ncccc1CN1CCC[C@H]1C(N)=O. The van der Waals surface area contributed by atoms with Gasteiger partial charge in [-0.1, -0.05) is 36.4 Å². The normalized spacial score (nSPS) is 17.8. The van der Waals surface area contributed by atoms with Crippen molar-refractivity contribution in [1.82, 2.24) is 9.88 Å². The molecular weight excluding hydrogens is 300 g/mol. The quantitative estimate of drug-likeness (QED) is 0.884. The van der Waals surface area contributed by atoms with Crippen molar-refractivity contribution in [2.24, 2.45) is 5.73 Å². The van der Waals surface area contributed by atoms with E-state index < -0.39 is 0 Å². The number of carbonyl (C=O) groups is 1. The number of hydrogen-bond donors (Lipinski definition) is 1. The highest BCUT2D eigenvalue weighted by Crippen LogP contribution is 2.24. The highest BCUT2D eigenvalue weighted by atomic mass is 16.1. The number of nitrogens with zero attached hydrogens (tertiary/aromatic N) is 3. The summed E-state index contributed by atoms with van der Waals surface area (Å²) in [5.41, 5.74) is 7.91. The molecule has 0 radical (unpaired) electrons. The molecule has 0 unspecified atom stereocenters. The van der Waals surface area contributed by atoms with Crippen LogP contribution in [0.1, 0.15) is 24.0 Å². The summed E-state index contributed by atoms with van der Waals surface area (Å²) in [6.45, 7) is 2.41. The van der Waals surface area contributed by atoms with Crippen LogP contribution >= 0.6 is 0 Å². The third-order valence-electron chi connectivity index (χ3n) is 4.56. The summed E-state index contributed by atoms with van der Waals surface area (Å²) in [5.74, 6) is 0.729. The number of likely N-dealkylation sites (tertiary alicyclic amines) is 1. The van der Waals surface area contributed by atoms with Gasteiger partial charge in [-0.15, -0.1) is 0 Å². The van der Waals surface area contributed by atoms with E-state index in [1.807, 2.05) is 37.5 Å². The van der Waals surface area contributed by atoms with Gasteiger partial charge in [-0.2, -0.15) is 0 Å². The molecule has 1 amide bonds. The molecule has 2 heterocycles. The van der Waals surface area contributed by atoms with Gasteiger partial charge in [0, 0.05) is 31.9 Å². The Morgan fingerprint density at radius 1 is 1.29 bits per heavy atom. The molecule has 3 rings (SSSR count). The van der Waals surface area contributed by atoms with Crippen molar-refractivity contribution in [3.63, 3.8) is 0 Å². The first-order valence-electron chi connectivity index (χ1n) is 8.37. The first kappa shape index (κ1) is 16.5. The van der Waals surface area contributed by atoms with Crippen LogP contribution < -0.4 is 10.6 Å². The molecule has 1 fully saturated rings. The number of aromatic nitrogens is 1. The molecule has 0 bridgehead atoms. The molecule has 1 atom stereocenters. The molecule has 0 spiro atoms. The van der Waals surface area contributed by atoms with Crippen molar-refractivity contribution < 1.29 is 4.79 Å². The number of nitrogens with two attached hydrogens (primary N) is 1. The summed E-state index contributed by atoms with van der Waals surface area (Å²) in [6, 6.07) is 14.2. The second-order valence-corrected chi connectivity index (χ2v) is 6.36. The lowest BCUT2D eigenvalue weighted by atomic mass is 10.1. The van der Waals surface area contributed by atoms with Crippen LogP contribution in [0.4, 0.5) is 5.82 Å². The van der Waals surface area contributed by atoms with Gasteiger partial charge in [-0.3, -0.25) is 9.69 Å². The minimum absolute atomic E-state index is 0.155. The molecule has 2 aromatic rings. The van der Waals surface area contributed by atoms with Gasteiger partial charge in [0.2, 0.25) is 5.91 Å². The van der Waals surface area contributed by atoms with Gasteiger partial charge in [0.15, 0.2) is 0 Å². The smallest absolute Gasteiger partial charge is 0.234 e. The number of primary amides is 1. The molecule has 0 aliphatic carbocycles. The second-order valence-electron chi connectivity index (χ2n) is 6.36. The molecule has 24 heavy (non-hydrogen) atoms. The lowest BCUT2D eigenvalue weighted by Gasteiger charge is -2.26. The third-order valence-corrected chi connectivity index (χ3v) is 4.56. The third kappa shape index (κ3) is 3.74. The van der Waals surface area contributed by atoms with Gasteiger partial charge in [-0.25, -0.2) is 4.98 Å². The zero-order valence-electron chi connectivity index (χ0n) is 14.1. The molecule has 5 heteroatoms. The first-order chi connectivity index (χ1) is 11.6. The molecule has 1 aromatic carbocycles. The van der Waals surface area contributed by atoms with Crippen LogP contribution in [0.3, 0.4) is 0 Å². The number of hydrogen-bond acceptors (Lipinski definition) is 4. The second kappa shape index (κ2) is 7.45. The zero-order chi connectivity index (χ0) is 16.9. The van der Waals surface area contributed by atoms with E-state index in [-0.39, 0.29) is 11.9 Å². The molecule has 1 aliphatic heterocycles. The van der Waals surface area contributed by atoms with E-state index in [0.29, 0.717) is 6.54 Å². The summed E-state index contributed by atoms with van der Waals surface area (Å²) in [6.07, 6.45) is 3.68. The molecule has 1 aliphatic rings. The van der Waals surface area contributed by atoms with Crippen molar-refractivity contribution in [2.45, 2.75) is 32.0 Å². The van der Waals surface area contributed by atoms with Crippen molar-refractivity contribution in [3.05, 3.63) is 59.8 Å². The Morgan fingerprint density at radius 2 is 2.08 bits per heavy atom. The summed E-state index contributed by atoms with van der Waals surface area (Å²) < 4.78 is 0. The maximum absolute atomic E-state index is 11.6. The highest BCUT2D eigenvalue weighted by Gasteiger charge is 2.29. The van der Waals surface area contributed by atoms with Crippen LogP contribution in [0, 0.1) is 0 Å². The Bertz CT molecular complexity index is 689. The molecule has 0 saturated carbocycles. The van der Waals surface area contributed by atoms with E-state index in [1.165, 1.54) is 5.56 Å². The highest BCUT2D eigenvalue weighted by molar-refractivity contribution is 5.80. The average Bonchev–Trinajstić information content (AvgIpc) is 3.04. The van der Waals surface area contributed by atoms with Gasteiger partial charge in [0.1, 0.15) is 5.82 Å². The molecule has 5 nitrogen and oxygen atoms in total. The minimum Gasteiger partial charge on any atom is -0.368 e. The Labute approximate surface area is 143 Å². The Hall–Kier alpha value is -2.40. The number of benzene rings is 1. The summed E-state index contributed by atoms with van der Waals surface area (Å²) in [7, 11) is 2.05. The van der Waals surface area contributed by atoms with E-state index in [2.05, 4.69) is 33.0 Å². The van der Waals surface area contributed by atoms with Crippen molar-refractivity contribution >= 4 is 11.7 Å². The summed E-state index contributed by atoms with van der Waals surface area (Å²) in [4.78, 5) is 20.5. The lowest BCUT2D eigenvalue weighted by molar-refractivity contribution is -0.122. The zero-order valence-corrected chi connectivity index (χ0v) is 14.1. The summed E-state index contributed by atoms with van der Waals surface area (Å²) in [5, 5.41) is 0. The van der Waals surface area contributed by atoms with Crippen LogP contribution in [-0.2, 0) is 17.9 Å². The van der Waals surface area contributed by atoms with Crippen molar-refractivity contribution in [1.29, 1.82) is 0 Å². The molecule has 126 valence electrons. The fourth-order valence-corrected chi connectivity index (χ4v) is 3.39. The van der Waals surface area contributed by atoms with E-state index in [9.17, 15) is 4.79 Å². The Kier molecular flexibility index (Phi) is 5.11. The Morgan fingerprint density at radius 3 is 2.83 bits per heavy atom. The van der Waals surface area contributed by atoms with Crippen molar-refractivity contribution in [3.8, 4) is 0 Å². The maximum Gasteiger partial charge on any atom is 0.234 e. The largest absolute Gasteiger partial charge is 0.368 e. The predicted molar refractivity (Wildman–Crippen MR) is 95.4 cm³/mol. The number of amides is 1. The van der Waals surface area contributed by atoms with Gasteiger partial charge in [0.05, 0.1) is 6.04 Å². The monoisotopic (exact) mass is 324 g/mol. The number of carbonyl (C=O) groups excluding carboxylic acids is 1. The topological polar surface area (TPSA) is 62.5 Å². The molecular formula is C19H24N4O. The molecule has 1 saturated heterocycles. The fraction of sp³-hybridized carbons (Fsp3) is 0.368. The van der Waals surface area contributed by atoms with Crippen LogP contribution in [0.5, 0.6) is 0 Å². The number of anilines is 1. The van der Waals surface area contributed by atoms with Gasteiger partial charge in [0.25, 0.3) is 0 Å². The number of rotatable bonds is 6. The van der Waals surface area contributed by atoms with Gasteiger partial charge in [-0.05, 0) is 31.0 Å². The van der Waals surface area contributed by atoms with E-state index in [1.54, 1.807) is 0 Å². The number of pyridine rings is 1. The predicted octanol–water partition coefficient (Wildman–Crippen LogP) is 2.17. The van der Waals surface area contributed by atoms with Crippen LogP contribution in [0.25, 0.3) is 0 Å². The molecule has 2 N–H and O–H groups in total. The fourth-order valence-electron chi connectivity index (χ4n) is 3.39. The van der Waals surface area contributed by atoms with E-state index in [0.717, 1.165) is 37.3 Å². The Balaban J connectivity index is 1.76.